The number of halogens is 1. The molecule has 1 rings (SSSR count). The molecule has 0 aliphatic heterocycles. The molecule has 0 heterocycles. The fourth-order valence-corrected chi connectivity index (χ4v) is 2.13. The average Bonchev–Trinajstić information content (AvgIpc) is 2.50. The second-order valence-electron chi connectivity index (χ2n) is 6.25. The van der Waals surface area contributed by atoms with Gasteiger partial charge in [-0.05, 0) is 38.5 Å². The van der Waals surface area contributed by atoms with Gasteiger partial charge < -0.3 is 14.8 Å². The molecule has 0 saturated heterocycles. The third kappa shape index (κ3) is 7.51. The maximum Gasteiger partial charge on any atom is 0.408 e. The number of nitrogens with one attached hydrogen (secondary N) is 1. The van der Waals surface area contributed by atoms with Gasteiger partial charge in [-0.3, -0.25) is 4.79 Å². The van der Waals surface area contributed by atoms with Gasteiger partial charge in [0.1, 0.15) is 18.0 Å². The predicted octanol–water partition coefficient (Wildman–Crippen LogP) is 3.50. The molecule has 24 heavy (non-hydrogen) atoms. The zero-order valence-electron chi connectivity index (χ0n) is 14.3. The molecule has 1 N–H and O–H groups in total. The number of hydrogen-bond acceptors (Lipinski definition) is 4. The normalized spacial score (nSPS) is 12.2. The number of Topliss-reactive ketones (excluding diaryl/α,β-unsaturated/α-hetero) is 1. The molecule has 0 aromatic heterocycles. The number of hydrogen-bond donors (Lipinski definition) is 1. The fraction of sp³-hybridized carbons (Fsp3) is 0.444. The lowest BCUT2D eigenvalue weighted by Gasteiger charge is -2.23. The highest BCUT2D eigenvalue weighted by Gasteiger charge is 2.24. The Hall–Kier alpha value is -2.01. The van der Waals surface area contributed by atoms with E-state index in [1.165, 1.54) is 0 Å². The molecule has 132 valence electrons. The van der Waals surface area contributed by atoms with Crippen LogP contribution >= 0.6 is 11.6 Å². The van der Waals surface area contributed by atoms with Gasteiger partial charge in [-0.25, -0.2) is 4.79 Å². The zero-order valence-corrected chi connectivity index (χ0v) is 15.1. The van der Waals surface area contributed by atoms with Crippen molar-refractivity contribution in [3.63, 3.8) is 0 Å². The minimum atomic E-state index is -0.757. The SMILES string of the molecule is C=CCOc1cccc(C[C@H](NC(=O)OC(C)(C)C)C(=O)CCl)c1. The van der Waals surface area contributed by atoms with Crippen LogP contribution in [0.4, 0.5) is 4.79 Å². The van der Waals surface area contributed by atoms with Crippen molar-refractivity contribution in [2.24, 2.45) is 0 Å². The largest absolute Gasteiger partial charge is 0.490 e. The highest BCUT2D eigenvalue weighted by Crippen LogP contribution is 2.16. The number of carbonyl (C=O) groups excluding carboxylic acids is 2. The Balaban J connectivity index is 2.81. The van der Waals surface area contributed by atoms with Gasteiger partial charge in [-0.15, -0.1) is 11.6 Å². The van der Waals surface area contributed by atoms with E-state index in [1.54, 1.807) is 26.8 Å². The van der Waals surface area contributed by atoms with Crippen LogP contribution in [0.1, 0.15) is 26.3 Å². The van der Waals surface area contributed by atoms with Crippen molar-refractivity contribution < 1.29 is 19.1 Å². The molecule has 0 bridgehead atoms. The lowest BCUT2D eigenvalue weighted by molar-refractivity contribution is -0.118. The van der Waals surface area contributed by atoms with E-state index < -0.39 is 17.7 Å². The molecule has 1 atom stereocenters. The van der Waals surface area contributed by atoms with E-state index in [0.717, 1.165) is 5.56 Å². The third-order valence-corrected chi connectivity index (χ3v) is 3.18. The van der Waals surface area contributed by atoms with Crippen molar-refractivity contribution in [1.29, 1.82) is 0 Å². The van der Waals surface area contributed by atoms with Gasteiger partial charge >= 0.3 is 6.09 Å². The first-order chi connectivity index (χ1) is 11.2. The molecule has 0 aliphatic rings. The van der Waals surface area contributed by atoms with E-state index >= 15 is 0 Å². The molecule has 1 amide bonds. The van der Waals surface area contributed by atoms with Crippen LogP contribution in [-0.2, 0) is 16.0 Å². The predicted molar refractivity (Wildman–Crippen MR) is 94.7 cm³/mol. The smallest absolute Gasteiger partial charge is 0.408 e. The summed E-state index contributed by atoms with van der Waals surface area (Å²) in [6.45, 7) is 9.26. The van der Waals surface area contributed by atoms with E-state index in [9.17, 15) is 9.59 Å². The summed E-state index contributed by atoms with van der Waals surface area (Å²) in [7, 11) is 0. The van der Waals surface area contributed by atoms with E-state index in [4.69, 9.17) is 21.1 Å². The molecule has 0 unspecified atom stereocenters. The first kappa shape index (κ1) is 20.0. The van der Waals surface area contributed by atoms with Gasteiger partial charge in [-0.2, -0.15) is 0 Å². The Morgan fingerprint density at radius 2 is 2.08 bits per heavy atom. The fourth-order valence-electron chi connectivity index (χ4n) is 1.94. The second kappa shape index (κ2) is 9.33. The Bertz CT molecular complexity index is 581. The van der Waals surface area contributed by atoms with Gasteiger partial charge in [0.05, 0.1) is 11.9 Å². The van der Waals surface area contributed by atoms with Crippen LogP contribution in [0.15, 0.2) is 36.9 Å². The Morgan fingerprint density at radius 1 is 1.38 bits per heavy atom. The summed E-state index contributed by atoms with van der Waals surface area (Å²) in [6, 6.07) is 6.55. The maximum atomic E-state index is 12.0. The van der Waals surface area contributed by atoms with Crippen LogP contribution in [0.3, 0.4) is 0 Å². The summed E-state index contributed by atoms with van der Waals surface area (Å²) in [5.41, 5.74) is 0.202. The zero-order chi connectivity index (χ0) is 18.2. The number of carbonyl (C=O) groups is 2. The number of alkyl halides is 1. The molecular formula is C18H24ClNO4. The van der Waals surface area contributed by atoms with Gasteiger partial charge in [0.15, 0.2) is 5.78 Å². The van der Waals surface area contributed by atoms with Crippen LogP contribution in [0.2, 0.25) is 0 Å². The summed E-state index contributed by atoms with van der Waals surface area (Å²) < 4.78 is 10.7. The number of rotatable bonds is 8. The second-order valence-corrected chi connectivity index (χ2v) is 6.52. The van der Waals surface area contributed by atoms with Gasteiger partial charge in [0.2, 0.25) is 0 Å². The topological polar surface area (TPSA) is 64.6 Å². The van der Waals surface area contributed by atoms with Crippen LogP contribution in [0.5, 0.6) is 5.75 Å². The molecule has 0 aliphatic carbocycles. The molecule has 1 aromatic rings. The van der Waals surface area contributed by atoms with Gasteiger partial charge in [-0.1, -0.05) is 24.8 Å². The molecule has 5 nitrogen and oxygen atoms in total. The molecule has 1 aromatic carbocycles. The van der Waals surface area contributed by atoms with Crippen LogP contribution in [-0.4, -0.2) is 36.0 Å². The van der Waals surface area contributed by atoms with Crippen LogP contribution in [0.25, 0.3) is 0 Å². The number of alkyl carbamates (subject to hydrolysis) is 1. The Labute approximate surface area is 148 Å². The van der Waals surface area contributed by atoms with Crippen molar-refractivity contribution >= 4 is 23.5 Å². The maximum absolute atomic E-state index is 12.0. The lowest BCUT2D eigenvalue weighted by atomic mass is 10.0. The first-order valence-electron chi connectivity index (χ1n) is 7.66. The molecule has 0 spiro atoms. The summed E-state index contributed by atoms with van der Waals surface area (Å²) in [6.07, 6.45) is 1.30. The number of amides is 1. The highest BCUT2D eigenvalue weighted by molar-refractivity contribution is 6.28. The molecule has 0 fully saturated rings. The van der Waals surface area contributed by atoms with Crippen molar-refractivity contribution in [3.05, 3.63) is 42.5 Å². The Morgan fingerprint density at radius 3 is 2.67 bits per heavy atom. The van der Waals surface area contributed by atoms with Crippen molar-refractivity contribution in [2.75, 3.05) is 12.5 Å². The van der Waals surface area contributed by atoms with E-state index in [2.05, 4.69) is 11.9 Å². The molecule has 0 radical (unpaired) electrons. The standard InChI is InChI=1S/C18H24ClNO4/c1-5-9-23-14-8-6-7-13(10-14)11-15(16(21)12-19)20-17(22)24-18(2,3)4/h5-8,10,15H,1,9,11-12H2,2-4H3,(H,20,22)/t15-/m0/s1. The van der Waals surface area contributed by atoms with E-state index in [1.807, 2.05) is 24.3 Å². The summed E-state index contributed by atoms with van der Waals surface area (Å²) in [5, 5.41) is 2.58. The number of benzene rings is 1. The number of ketones is 1. The van der Waals surface area contributed by atoms with E-state index in [-0.39, 0.29) is 11.7 Å². The quantitative estimate of drug-likeness (QED) is 0.574. The minimum absolute atomic E-state index is 0.187. The summed E-state index contributed by atoms with van der Waals surface area (Å²) >= 11 is 5.65. The summed E-state index contributed by atoms with van der Waals surface area (Å²) in [5.74, 6) is 0.203. The van der Waals surface area contributed by atoms with Crippen molar-refractivity contribution in [2.45, 2.75) is 38.8 Å². The Kier molecular flexibility index (Phi) is 7.79. The third-order valence-electron chi connectivity index (χ3n) is 2.92. The van der Waals surface area contributed by atoms with Gasteiger partial charge in [0, 0.05) is 6.42 Å². The van der Waals surface area contributed by atoms with Crippen molar-refractivity contribution in [3.8, 4) is 5.75 Å². The average molecular weight is 354 g/mol. The monoisotopic (exact) mass is 353 g/mol. The number of ether oxygens (including phenoxy) is 2. The summed E-state index contributed by atoms with van der Waals surface area (Å²) in [4.78, 5) is 24.0. The van der Waals surface area contributed by atoms with E-state index in [0.29, 0.717) is 18.8 Å². The van der Waals surface area contributed by atoms with Crippen LogP contribution in [0, 0.1) is 0 Å². The van der Waals surface area contributed by atoms with Crippen LogP contribution < -0.4 is 10.1 Å². The molecule has 6 heteroatoms. The highest BCUT2D eigenvalue weighted by atomic mass is 35.5. The molecule has 0 saturated carbocycles. The minimum Gasteiger partial charge on any atom is -0.490 e. The van der Waals surface area contributed by atoms with Crippen molar-refractivity contribution in [1.82, 2.24) is 5.32 Å². The van der Waals surface area contributed by atoms with Gasteiger partial charge in [0.25, 0.3) is 0 Å². The first-order valence-corrected chi connectivity index (χ1v) is 8.19. The lowest BCUT2D eigenvalue weighted by Crippen LogP contribution is -2.45. The molecular weight excluding hydrogens is 330 g/mol.